The zero-order chi connectivity index (χ0) is 20.1. The maximum absolute atomic E-state index is 14.0. The summed E-state index contributed by atoms with van der Waals surface area (Å²) >= 11 is 1.15. The number of ether oxygens (including phenoxy) is 3. The standard InChI is InChI=1S/C20H19FN2O4S/c1-12(23-13(2)24)14-4-6-15(7-5-14)26-19-11-22-20(28-19)27-18-9-8-16(25-3)10-17(18)21/h4-12H,1-3H3,(H,23,24). The van der Waals surface area contributed by atoms with E-state index in [1.165, 1.54) is 32.4 Å². The molecule has 0 aliphatic carbocycles. The van der Waals surface area contributed by atoms with E-state index in [0.717, 1.165) is 16.9 Å². The van der Waals surface area contributed by atoms with Crippen molar-refractivity contribution in [3.05, 3.63) is 60.0 Å². The molecule has 1 N–H and O–H groups in total. The Morgan fingerprint density at radius 3 is 2.50 bits per heavy atom. The van der Waals surface area contributed by atoms with Crippen molar-refractivity contribution in [1.29, 1.82) is 0 Å². The fourth-order valence-electron chi connectivity index (χ4n) is 2.45. The van der Waals surface area contributed by atoms with Crippen LogP contribution in [0.1, 0.15) is 25.5 Å². The van der Waals surface area contributed by atoms with E-state index in [1.54, 1.807) is 18.2 Å². The van der Waals surface area contributed by atoms with Gasteiger partial charge in [-0.2, -0.15) is 0 Å². The summed E-state index contributed by atoms with van der Waals surface area (Å²) in [4.78, 5) is 15.2. The number of hydrogen-bond acceptors (Lipinski definition) is 6. The van der Waals surface area contributed by atoms with Crippen LogP contribution in [0.3, 0.4) is 0 Å². The highest BCUT2D eigenvalue weighted by Crippen LogP contribution is 2.35. The van der Waals surface area contributed by atoms with E-state index in [0.29, 0.717) is 16.6 Å². The second-order valence-electron chi connectivity index (χ2n) is 5.94. The molecule has 2 aromatic carbocycles. The lowest BCUT2D eigenvalue weighted by atomic mass is 10.1. The van der Waals surface area contributed by atoms with Gasteiger partial charge in [0, 0.05) is 13.0 Å². The van der Waals surface area contributed by atoms with Crippen molar-refractivity contribution in [3.8, 4) is 27.5 Å². The number of aromatic nitrogens is 1. The minimum atomic E-state index is -0.541. The second kappa shape index (κ2) is 8.71. The van der Waals surface area contributed by atoms with Gasteiger partial charge >= 0.3 is 0 Å². The minimum Gasteiger partial charge on any atom is -0.497 e. The van der Waals surface area contributed by atoms with Crippen LogP contribution in [0.5, 0.6) is 27.5 Å². The molecule has 1 heterocycles. The maximum Gasteiger partial charge on any atom is 0.282 e. The van der Waals surface area contributed by atoms with Gasteiger partial charge in [0.2, 0.25) is 11.0 Å². The van der Waals surface area contributed by atoms with Crippen molar-refractivity contribution in [3.63, 3.8) is 0 Å². The number of benzene rings is 2. The normalized spacial score (nSPS) is 11.6. The lowest BCUT2D eigenvalue weighted by Crippen LogP contribution is -2.23. The van der Waals surface area contributed by atoms with Crippen molar-refractivity contribution in [1.82, 2.24) is 10.3 Å². The molecule has 3 rings (SSSR count). The van der Waals surface area contributed by atoms with Crippen LogP contribution in [0.2, 0.25) is 0 Å². The number of amides is 1. The molecule has 1 unspecified atom stereocenters. The lowest BCUT2D eigenvalue weighted by Gasteiger charge is -2.13. The van der Waals surface area contributed by atoms with Gasteiger partial charge in [0.15, 0.2) is 11.6 Å². The molecule has 6 nitrogen and oxygen atoms in total. The topological polar surface area (TPSA) is 69.7 Å². The first kappa shape index (κ1) is 19.6. The van der Waals surface area contributed by atoms with E-state index in [9.17, 15) is 9.18 Å². The molecule has 0 saturated carbocycles. The summed E-state index contributed by atoms with van der Waals surface area (Å²) in [5.41, 5.74) is 0.964. The molecule has 146 valence electrons. The summed E-state index contributed by atoms with van der Waals surface area (Å²) in [5, 5.41) is 3.59. The van der Waals surface area contributed by atoms with Crippen LogP contribution >= 0.6 is 11.3 Å². The summed E-state index contributed by atoms with van der Waals surface area (Å²) in [7, 11) is 1.47. The number of nitrogens with zero attached hydrogens (tertiary/aromatic N) is 1. The Morgan fingerprint density at radius 1 is 1.14 bits per heavy atom. The van der Waals surface area contributed by atoms with Gasteiger partial charge in [-0.1, -0.05) is 12.1 Å². The first-order chi connectivity index (χ1) is 13.4. The van der Waals surface area contributed by atoms with Crippen LogP contribution in [0, 0.1) is 5.82 Å². The van der Waals surface area contributed by atoms with Gasteiger partial charge in [-0.3, -0.25) is 4.79 Å². The Kier molecular flexibility index (Phi) is 6.10. The van der Waals surface area contributed by atoms with Crippen molar-refractivity contribution < 1.29 is 23.4 Å². The van der Waals surface area contributed by atoms with Crippen LogP contribution < -0.4 is 19.5 Å². The number of hydrogen-bond donors (Lipinski definition) is 1. The average Bonchev–Trinajstić information content (AvgIpc) is 3.10. The number of methoxy groups -OCH3 is 1. The molecule has 1 aromatic heterocycles. The number of nitrogens with one attached hydrogen (secondary N) is 1. The Balaban J connectivity index is 1.64. The lowest BCUT2D eigenvalue weighted by molar-refractivity contribution is -0.119. The zero-order valence-corrected chi connectivity index (χ0v) is 16.4. The summed E-state index contributed by atoms with van der Waals surface area (Å²) in [6, 6.07) is 11.6. The van der Waals surface area contributed by atoms with Gasteiger partial charge in [-0.15, -0.1) is 0 Å². The molecule has 1 amide bonds. The molecule has 0 saturated heterocycles. The van der Waals surface area contributed by atoms with Gasteiger partial charge < -0.3 is 19.5 Å². The SMILES string of the molecule is COc1ccc(Oc2ncc(Oc3ccc(C(C)NC(C)=O)cc3)s2)c(F)c1. The highest BCUT2D eigenvalue weighted by molar-refractivity contribution is 7.15. The van der Waals surface area contributed by atoms with E-state index < -0.39 is 5.82 Å². The van der Waals surface area contributed by atoms with E-state index in [2.05, 4.69) is 10.3 Å². The molecular weight excluding hydrogens is 383 g/mol. The smallest absolute Gasteiger partial charge is 0.282 e. The number of thiazole rings is 1. The summed E-state index contributed by atoms with van der Waals surface area (Å²) in [5.74, 6) is 0.450. The molecule has 8 heteroatoms. The van der Waals surface area contributed by atoms with Crippen LogP contribution in [0.4, 0.5) is 4.39 Å². The Hall–Kier alpha value is -3.13. The fourth-order valence-corrected chi connectivity index (χ4v) is 3.11. The Labute approximate surface area is 165 Å². The quantitative estimate of drug-likeness (QED) is 0.597. The predicted molar refractivity (Wildman–Crippen MR) is 104 cm³/mol. The third-order valence-electron chi connectivity index (χ3n) is 3.82. The second-order valence-corrected chi connectivity index (χ2v) is 6.89. The average molecular weight is 402 g/mol. The highest BCUT2D eigenvalue weighted by atomic mass is 32.1. The Bertz CT molecular complexity index is 959. The van der Waals surface area contributed by atoms with Gasteiger partial charge in [-0.25, -0.2) is 9.37 Å². The van der Waals surface area contributed by atoms with Crippen molar-refractivity contribution >= 4 is 17.2 Å². The number of carbonyl (C=O) groups is 1. The van der Waals surface area contributed by atoms with Gasteiger partial charge in [0.05, 0.1) is 19.3 Å². The minimum absolute atomic E-state index is 0.0537. The molecular formula is C20H19FN2O4S. The van der Waals surface area contributed by atoms with Gasteiger partial charge in [-0.05, 0) is 48.1 Å². The molecule has 0 aliphatic rings. The molecule has 0 bridgehead atoms. The predicted octanol–water partition coefficient (Wildman–Crippen LogP) is 5.07. The van der Waals surface area contributed by atoms with Crippen molar-refractivity contribution in [2.24, 2.45) is 0 Å². The molecule has 28 heavy (non-hydrogen) atoms. The highest BCUT2D eigenvalue weighted by Gasteiger charge is 2.11. The molecule has 0 fully saturated rings. The van der Waals surface area contributed by atoms with Crippen molar-refractivity contribution in [2.75, 3.05) is 7.11 Å². The van der Waals surface area contributed by atoms with Crippen LogP contribution in [0.15, 0.2) is 48.7 Å². The zero-order valence-electron chi connectivity index (χ0n) is 15.6. The third-order valence-corrected chi connectivity index (χ3v) is 4.57. The fraction of sp³-hybridized carbons (Fsp3) is 0.200. The van der Waals surface area contributed by atoms with E-state index in [-0.39, 0.29) is 22.9 Å². The third kappa shape index (κ3) is 4.98. The molecule has 3 aromatic rings. The van der Waals surface area contributed by atoms with E-state index >= 15 is 0 Å². The first-order valence-corrected chi connectivity index (χ1v) is 9.28. The monoisotopic (exact) mass is 402 g/mol. The molecule has 0 aliphatic heterocycles. The number of rotatable bonds is 7. The summed E-state index contributed by atoms with van der Waals surface area (Å²) in [6.45, 7) is 3.39. The Morgan fingerprint density at radius 2 is 1.86 bits per heavy atom. The number of carbonyl (C=O) groups excluding carboxylic acids is 1. The van der Waals surface area contributed by atoms with Crippen LogP contribution in [-0.2, 0) is 4.79 Å². The number of halogens is 1. The van der Waals surface area contributed by atoms with Crippen molar-refractivity contribution in [2.45, 2.75) is 19.9 Å². The summed E-state index contributed by atoms with van der Waals surface area (Å²) in [6.07, 6.45) is 1.51. The van der Waals surface area contributed by atoms with Crippen LogP contribution in [0.25, 0.3) is 0 Å². The maximum atomic E-state index is 14.0. The summed E-state index contributed by atoms with van der Waals surface area (Å²) < 4.78 is 30.2. The molecule has 0 spiro atoms. The first-order valence-electron chi connectivity index (χ1n) is 8.46. The molecule has 0 radical (unpaired) electrons. The van der Waals surface area contributed by atoms with E-state index in [1.807, 2.05) is 19.1 Å². The van der Waals surface area contributed by atoms with Crippen LogP contribution in [-0.4, -0.2) is 18.0 Å². The van der Waals surface area contributed by atoms with E-state index in [4.69, 9.17) is 14.2 Å². The van der Waals surface area contributed by atoms with Gasteiger partial charge in [0.1, 0.15) is 11.5 Å². The molecule has 1 atom stereocenters. The van der Waals surface area contributed by atoms with Gasteiger partial charge in [0.25, 0.3) is 5.19 Å². The largest absolute Gasteiger partial charge is 0.497 e.